The zero-order valence-electron chi connectivity index (χ0n) is 22.2. The average Bonchev–Trinajstić information content (AvgIpc) is 3.49. The number of piperidine rings is 1. The van der Waals surface area contributed by atoms with E-state index in [9.17, 15) is 31.1 Å². The smallest absolute Gasteiger partial charge is 0.352 e. The van der Waals surface area contributed by atoms with Crippen molar-refractivity contribution in [1.29, 1.82) is 0 Å². The Hall–Kier alpha value is -2.85. The highest BCUT2D eigenvalue weighted by atomic mass is 19.4. The van der Waals surface area contributed by atoms with Gasteiger partial charge in [0.05, 0.1) is 11.1 Å². The molecule has 5 rings (SSSR count). The third-order valence-corrected chi connectivity index (χ3v) is 8.89. The Morgan fingerprint density at radius 1 is 1.10 bits per heavy atom. The number of hydrogen-bond donors (Lipinski definition) is 2. The molecule has 1 saturated heterocycles. The van der Waals surface area contributed by atoms with Crippen molar-refractivity contribution in [3.05, 3.63) is 76.4 Å². The molecule has 0 bridgehead atoms. The van der Waals surface area contributed by atoms with E-state index in [4.69, 9.17) is 5.73 Å². The molecular weight excluding hydrogens is 532 g/mol. The Morgan fingerprint density at radius 3 is 2.35 bits per heavy atom. The van der Waals surface area contributed by atoms with Crippen molar-refractivity contribution in [3.8, 4) is 0 Å². The van der Waals surface area contributed by atoms with Crippen LogP contribution in [0.15, 0.2) is 48.5 Å². The quantitative estimate of drug-likeness (QED) is 0.405. The van der Waals surface area contributed by atoms with E-state index in [-0.39, 0.29) is 29.0 Å². The summed E-state index contributed by atoms with van der Waals surface area (Å²) >= 11 is 0. The standard InChI is InChI=1S/C30H33F6N3O/c1-18-17-39(11-9-28(18)8-6-20-4-2-3-5-25(20)28)10-7-23(24-15-26(24)37)27(40)38-16-19-12-21(29(31,32)33)14-22(13-19)30(34,35)36/h2-6,8,12-14,18,23-24,26H,7,9-11,15-17,37H2,1H3,(H,38,40)/t18-,23?,24?,26?,28-/m0/s1. The number of nitrogens with one attached hydrogen (secondary N) is 1. The summed E-state index contributed by atoms with van der Waals surface area (Å²) in [7, 11) is 0. The maximum atomic E-state index is 13.2. The molecule has 1 heterocycles. The van der Waals surface area contributed by atoms with Crippen LogP contribution in [0.4, 0.5) is 26.3 Å². The number of carbonyl (C=O) groups excluding carboxylic acids is 1. The molecular formula is C30H33F6N3O. The summed E-state index contributed by atoms with van der Waals surface area (Å²) in [5.41, 5.74) is 5.61. The van der Waals surface area contributed by atoms with Gasteiger partial charge in [-0.2, -0.15) is 26.3 Å². The van der Waals surface area contributed by atoms with Gasteiger partial charge in [-0.1, -0.05) is 43.3 Å². The molecule has 2 aromatic rings. The minimum atomic E-state index is -4.94. The molecule has 1 spiro atoms. The fourth-order valence-corrected chi connectivity index (χ4v) is 6.48. The molecule has 3 aliphatic rings. The number of likely N-dealkylation sites (tertiary alicyclic amines) is 1. The van der Waals surface area contributed by atoms with Gasteiger partial charge in [0, 0.05) is 30.5 Å². The Bertz CT molecular complexity index is 1260. The first kappa shape index (κ1) is 28.7. The van der Waals surface area contributed by atoms with E-state index in [0.29, 0.717) is 37.4 Å². The fraction of sp³-hybridized carbons (Fsp3) is 0.500. The monoisotopic (exact) mass is 565 g/mol. The Labute approximate surface area is 229 Å². The number of halogens is 6. The van der Waals surface area contributed by atoms with E-state index in [1.807, 2.05) is 6.07 Å². The highest BCUT2D eigenvalue weighted by molar-refractivity contribution is 5.79. The lowest BCUT2D eigenvalue weighted by atomic mass is 9.68. The molecule has 1 amide bonds. The zero-order chi connectivity index (χ0) is 28.9. The molecule has 1 aliphatic heterocycles. The van der Waals surface area contributed by atoms with Crippen LogP contribution in [-0.2, 0) is 29.1 Å². The van der Waals surface area contributed by atoms with Crippen molar-refractivity contribution in [3.63, 3.8) is 0 Å². The summed E-state index contributed by atoms with van der Waals surface area (Å²) in [6, 6.07) is 9.67. The lowest BCUT2D eigenvalue weighted by Gasteiger charge is -2.44. The molecule has 3 unspecified atom stereocenters. The predicted octanol–water partition coefficient (Wildman–Crippen LogP) is 6.00. The van der Waals surface area contributed by atoms with Gasteiger partial charge in [0.25, 0.3) is 0 Å². The molecule has 2 aromatic carbocycles. The fourth-order valence-electron chi connectivity index (χ4n) is 6.48. The number of carbonyl (C=O) groups is 1. The second-order valence-electron chi connectivity index (χ2n) is 11.5. The van der Waals surface area contributed by atoms with E-state index in [0.717, 1.165) is 19.5 Å². The summed E-state index contributed by atoms with van der Waals surface area (Å²) in [4.78, 5) is 15.5. The van der Waals surface area contributed by atoms with E-state index in [1.165, 1.54) is 11.1 Å². The van der Waals surface area contributed by atoms with Crippen LogP contribution in [0.2, 0.25) is 0 Å². The highest BCUT2D eigenvalue weighted by Crippen LogP contribution is 2.47. The molecule has 4 nitrogen and oxygen atoms in total. The number of nitrogens with zero attached hydrogens (tertiary/aromatic N) is 1. The Kier molecular flexibility index (Phi) is 7.54. The van der Waals surface area contributed by atoms with Crippen LogP contribution in [0.3, 0.4) is 0 Å². The van der Waals surface area contributed by atoms with E-state index in [1.54, 1.807) is 0 Å². The Balaban J connectivity index is 1.22. The van der Waals surface area contributed by atoms with Crippen LogP contribution >= 0.6 is 0 Å². The molecule has 3 N–H and O–H groups in total. The molecule has 216 valence electrons. The van der Waals surface area contributed by atoms with Crippen molar-refractivity contribution in [2.24, 2.45) is 23.5 Å². The lowest BCUT2D eigenvalue weighted by molar-refractivity contribution is -0.143. The van der Waals surface area contributed by atoms with E-state index >= 15 is 0 Å². The maximum Gasteiger partial charge on any atom is 0.416 e. The van der Waals surface area contributed by atoms with Crippen molar-refractivity contribution >= 4 is 12.0 Å². The third-order valence-electron chi connectivity index (χ3n) is 8.89. The number of nitrogens with two attached hydrogens (primary N) is 1. The van der Waals surface area contributed by atoms with Crippen molar-refractivity contribution in [2.75, 3.05) is 19.6 Å². The second kappa shape index (κ2) is 10.5. The average molecular weight is 566 g/mol. The number of allylic oxidation sites excluding steroid dienone is 1. The maximum absolute atomic E-state index is 13.2. The zero-order valence-corrected chi connectivity index (χ0v) is 22.2. The number of hydrogen-bond acceptors (Lipinski definition) is 3. The number of benzene rings is 2. The first-order valence-corrected chi connectivity index (χ1v) is 13.6. The number of alkyl halides is 6. The van der Waals surface area contributed by atoms with Gasteiger partial charge >= 0.3 is 12.4 Å². The molecule has 40 heavy (non-hydrogen) atoms. The molecule has 5 atom stereocenters. The van der Waals surface area contributed by atoms with Gasteiger partial charge in [-0.25, -0.2) is 0 Å². The van der Waals surface area contributed by atoms with E-state index < -0.39 is 41.8 Å². The minimum Gasteiger partial charge on any atom is -0.352 e. The number of fused-ring (bicyclic) bond motifs is 2. The van der Waals surface area contributed by atoms with Gasteiger partial charge in [0.2, 0.25) is 5.91 Å². The van der Waals surface area contributed by atoms with Crippen LogP contribution in [-0.4, -0.2) is 36.5 Å². The van der Waals surface area contributed by atoms with Crippen LogP contribution in [0.25, 0.3) is 6.08 Å². The van der Waals surface area contributed by atoms with Crippen LogP contribution in [0.1, 0.15) is 54.0 Å². The number of rotatable bonds is 7. The normalized spacial score (nSPS) is 27.1. The summed E-state index contributed by atoms with van der Waals surface area (Å²) < 4.78 is 79.3. The number of amides is 1. The SMILES string of the molecule is C[C@H]1CN(CCC(C(=O)NCc2cc(C(F)(F)F)cc(C(F)(F)F)c2)C2CC2N)CC[C@@]12C=Cc1ccccc12. The first-order valence-electron chi connectivity index (χ1n) is 13.6. The molecule has 0 radical (unpaired) electrons. The van der Waals surface area contributed by atoms with Crippen LogP contribution in [0.5, 0.6) is 0 Å². The molecule has 10 heteroatoms. The Morgan fingerprint density at radius 2 is 1.75 bits per heavy atom. The predicted molar refractivity (Wildman–Crippen MR) is 140 cm³/mol. The van der Waals surface area contributed by atoms with Gasteiger partial charge < -0.3 is 16.0 Å². The highest BCUT2D eigenvalue weighted by Gasteiger charge is 2.46. The summed E-state index contributed by atoms with van der Waals surface area (Å²) in [6.07, 6.45) is -3.23. The second-order valence-corrected chi connectivity index (χ2v) is 11.5. The van der Waals surface area contributed by atoms with E-state index in [2.05, 4.69) is 47.5 Å². The van der Waals surface area contributed by atoms with Crippen molar-refractivity contribution < 1.29 is 31.1 Å². The van der Waals surface area contributed by atoms with Gasteiger partial charge in [-0.05, 0) is 79.1 Å². The molecule has 1 saturated carbocycles. The van der Waals surface area contributed by atoms with Crippen LogP contribution < -0.4 is 11.1 Å². The van der Waals surface area contributed by atoms with Gasteiger partial charge in [-0.3, -0.25) is 4.79 Å². The van der Waals surface area contributed by atoms with Crippen molar-refractivity contribution in [1.82, 2.24) is 10.2 Å². The molecule has 2 fully saturated rings. The first-order chi connectivity index (χ1) is 18.8. The summed E-state index contributed by atoms with van der Waals surface area (Å²) in [5, 5.41) is 2.59. The molecule has 2 aliphatic carbocycles. The lowest BCUT2D eigenvalue weighted by Crippen LogP contribution is -2.48. The topological polar surface area (TPSA) is 58.4 Å². The molecule has 0 aromatic heterocycles. The van der Waals surface area contributed by atoms with Gasteiger partial charge in [-0.15, -0.1) is 0 Å². The van der Waals surface area contributed by atoms with Crippen molar-refractivity contribution in [2.45, 2.75) is 56.5 Å². The van der Waals surface area contributed by atoms with Gasteiger partial charge in [0.1, 0.15) is 0 Å². The van der Waals surface area contributed by atoms with Crippen LogP contribution in [0, 0.1) is 17.8 Å². The largest absolute Gasteiger partial charge is 0.416 e. The third kappa shape index (κ3) is 5.79. The summed E-state index contributed by atoms with van der Waals surface area (Å²) in [6.45, 7) is 4.19. The summed E-state index contributed by atoms with van der Waals surface area (Å²) in [5.74, 6) is -0.537. The van der Waals surface area contributed by atoms with Gasteiger partial charge in [0.15, 0.2) is 0 Å². The minimum absolute atomic E-state index is 0.00291.